The van der Waals surface area contributed by atoms with E-state index in [0.717, 1.165) is 23.9 Å². The maximum absolute atomic E-state index is 14.9. The van der Waals surface area contributed by atoms with Crippen molar-refractivity contribution in [2.24, 2.45) is 15.1 Å². The Morgan fingerprint density at radius 1 is 1.16 bits per heavy atom. The molecule has 3 N–H and O–H groups in total. The average Bonchev–Trinajstić information content (AvgIpc) is 2.86. The van der Waals surface area contributed by atoms with Gasteiger partial charge in [0, 0.05) is 29.8 Å². The van der Waals surface area contributed by atoms with Gasteiger partial charge in [0.1, 0.15) is 29.7 Å². The number of nitrogens with two attached hydrogens (primary N) is 1. The Morgan fingerprint density at radius 3 is 2.59 bits per heavy atom. The van der Waals surface area contributed by atoms with Crippen LogP contribution in [-0.2, 0) is 22.1 Å². The molecule has 0 aliphatic carbocycles. The van der Waals surface area contributed by atoms with Crippen molar-refractivity contribution in [1.29, 1.82) is 5.26 Å². The van der Waals surface area contributed by atoms with E-state index in [2.05, 4.69) is 21.3 Å². The largest absolute Gasteiger partial charge is 0.488 e. The Bertz CT molecular complexity index is 1500. The number of nitriles is 1. The van der Waals surface area contributed by atoms with E-state index < -0.39 is 21.4 Å². The molecule has 7 nitrogen and oxygen atoms in total. The summed E-state index contributed by atoms with van der Waals surface area (Å²) in [6, 6.07) is 19.8. The van der Waals surface area contributed by atoms with Gasteiger partial charge in [0.15, 0.2) is 5.83 Å². The second-order valence-corrected chi connectivity index (χ2v) is 10.3. The Morgan fingerprint density at radius 2 is 1.89 bits per heavy atom. The van der Waals surface area contributed by atoms with Crippen molar-refractivity contribution in [3.8, 4) is 11.9 Å². The molecule has 37 heavy (non-hydrogen) atoms. The molecule has 3 rings (SSSR count). The van der Waals surface area contributed by atoms with Crippen LogP contribution in [-0.4, -0.2) is 16.2 Å². The molecule has 0 fully saturated rings. The zero-order valence-corrected chi connectivity index (χ0v) is 20.8. The molecule has 0 heterocycles. The lowest BCUT2D eigenvalue weighted by Gasteiger charge is -2.14. The highest BCUT2D eigenvalue weighted by molar-refractivity contribution is 7.92. The second kappa shape index (κ2) is 12.5. The van der Waals surface area contributed by atoms with Crippen LogP contribution >= 0.6 is 0 Å². The van der Waals surface area contributed by atoms with Crippen molar-refractivity contribution in [3.05, 3.63) is 120 Å². The van der Waals surface area contributed by atoms with Crippen molar-refractivity contribution < 1.29 is 17.7 Å². The third-order valence-electron chi connectivity index (χ3n) is 4.94. The van der Waals surface area contributed by atoms with Crippen molar-refractivity contribution in [2.45, 2.75) is 12.4 Å². The van der Waals surface area contributed by atoms with Gasteiger partial charge in [-0.2, -0.15) is 5.26 Å². The van der Waals surface area contributed by atoms with Crippen LogP contribution in [0.5, 0.6) is 5.75 Å². The molecule has 0 amide bonds. The number of rotatable bonds is 10. The van der Waals surface area contributed by atoms with E-state index in [0.29, 0.717) is 11.3 Å². The first kappa shape index (κ1) is 27.1. The third kappa shape index (κ3) is 8.02. The summed E-state index contributed by atoms with van der Waals surface area (Å²) >= 11 is 0. The highest BCUT2D eigenvalue weighted by Crippen LogP contribution is 2.26. The van der Waals surface area contributed by atoms with Crippen LogP contribution in [0, 0.1) is 17.3 Å². The molecule has 0 aliphatic rings. The van der Waals surface area contributed by atoms with Gasteiger partial charge >= 0.3 is 0 Å². The molecule has 10 heteroatoms. The summed E-state index contributed by atoms with van der Waals surface area (Å²) in [4.78, 5) is 4.26. The number of nitrogens with one attached hydrogen (secondary N) is 1. The van der Waals surface area contributed by atoms with Gasteiger partial charge in [-0.15, -0.1) is 4.36 Å². The molecule has 3 aromatic carbocycles. The number of nitrogens with zero attached hydrogens (tertiary/aromatic N) is 3. The Kier molecular flexibility index (Phi) is 9.13. The van der Waals surface area contributed by atoms with Gasteiger partial charge in [-0.1, -0.05) is 49.0 Å². The van der Waals surface area contributed by atoms with Gasteiger partial charge < -0.3 is 15.8 Å². The van der Waals surface area contributed by atoms with E-state index in [1.165, 1.54) is 12.3 Å². The molecule has 0 spiro atoms. The van der Waals surface area contributed by atoms with Crippen LogP contribution in [0.25, 0.3) is 0 Å². The summed E-state index contributed by atoms with van der Waals surface area (Å²) in [5.74, 6) is -1.22. The summed E-state index contributed by atoms with van der Waals surface area (Å²) in [6.07, 6.45) is 3.71. The van der Waals surface area contributed by atoms with Crippen molar-refractivity contribution in [1.82, 2.24) is 0 Å². The predicted octanol–water partition coefficient (Wildman–Crippen LogP) is 5.63. The topological polar surface area (TPSA) is 113 Å². The highest BCUT2D eigenvalue weighted by Gasteiger charge is 2.17. The van der Waals surface area contributed by atoms with E-state index in [-0.39, 0.29) is 35.2 Å². The maximum Gasteiger partial charge on any atom is 0.214 e. The smallest absolute Gasteiger partial charge is 0.214 e. The summed E-state index contributed by atoms with van der Waals surface area (Å²) < 4.78 is 50.5. The summed E-state index contributed by atoms with van der Waals surface area (Å²) in [7, 11) is -2.71. The minimum atomic E-state index is -2.71. The molecule has 190 valence electrons. The Labute approximate surface area is 214 Å². The molecule has 0 saturated heterocycles. The van der Waals surface area contributed by atoms with Crippen LogP contribution in [0.4, 0.5) is 14.5 Å². The first-order chi connectivity index (χ1) is 17.7. The first-order valence-corrected chi connectivity index (χ1v) is 13.1. The number of allylic oxidation sites excluding steroid dienone is 1. The molecular formula is C27H25F2N5O2S. The summed E-state index contributed by atoms with van der Waals surface area (Å²) in [6.45, 7) is 3.97. The van der Waals surface area contributed by atoms with Crippen LogP contribution in [0.2, 0.25) is 0 Å². The normalized spacial score (nSPS) is 13.2. The molecule has 0 aromatic heterocycles. The number of aliphatic imine (C=N–C) groups is 1. The first-order valence-electron chi connectivity index (χ1n) is 11.0. The van der Waals surface area contributed by atoms with Crippen LogP contribution < -0.4 is 15.8 Å². The van der Waals surface area contributed by atoms with E-state index in [1.807, 2.05) is 30.3 Å². The van der Waals surface area contributed by atoms with Gasteiger partial charge in [0.05, 0.1) is 15.5 Å². The van der Waals surface area contributed by atoms with E-state index >= 15 is 0 Å². The molecule has 0 aliphatic heterocycles. The van der Waals surface area contributed by atoms with Crippen LogP contribution in [0.15, 0.2) is 107 Å². The number of benzene rings is 3. The zero-order valence-electron chi connectivity index (χ0n) is 20.0. The summed E-state index contributed by atoms with van der Waals surface area (Å²) in [5.41, 5.74) is 7.46. The van der Waals surface area contributed by atoms with Gasteiger partial charge in [-0.05, 0) is 35.4 Å². The van der Waals surface area contributed by atoms with Crippen molar-refractivity contribution in [3.63, 3.8) is 0 Å². The van der Waals surface area contributed by atoms with Crippen LogP contribution in [0.1, 0.15) is 16.7 Å². The number of hydrogen-bond donors (Lipinski definition) is 2. The van der Waals surface area contributed by atoms with Crippen LogP contribution in [0.3, 0.4) is 0 Å². The fourth-order valence-electron chi connectivity index (χ4n) is 3.36. The summed E-state index contributed by atoms with van der Waals surface area (Å²) in [5, 5.41) is 11.7. The minimum Gasteiger partial charge on any atom is -0.488 e. The van der Waals surface area contributed by atoms with Gasteiger partial charge in [-0.25, -0.2) is 18.0 Å². The quantitative estimate of drug-likeness (QED) is 0.265. The minimum absolute atomic E-state index is 0.0569. The van der Waals surface area contributed by atoms with Crippen molar-refractivity contribution >= 4 is 21.1 Å². The molecule has 0 radical (unpaired) electrons. The molecular weight excluding hydrogens is 496 g/mol. The fraction of sp³-hybridized carbons (Fsp3) is 0.111. The maximum atomic E-state index is 14.9. The van der Waals surface area contributed by atoms with E-state index in [4.69, 9.17) is 15.7 Å². The number of anilines is 1. The highest BCUT2D eigenvalue weighted by atomic mass is 32.2. The fourth-order valence-corrected chi connectivity index (χ4v) is 4.40. The molecule has 1 atom stereocenters. The molecule has 1 unspecified atom stereocenters. The van der Waals surface area contributed by atoms with Gasteiger partial charge in [0.2, 0.25) is 6.19 Å². The Balaban J connectivity index is 1.89. The van der Waals surface area contributed by atoms with Crippen molar-refractivity contribution in [2.75, 3.05) is 11.6 Å². The SMILES string of the molecule is C=C(N=C(/C(F)=C\N)c1ccc(F)cc1OCc1ccccc1)Nc1cccc(CS(C)(=O)=NC#N)c1. The molecule has 3 aromatic rings. The monoisotopic (exact) mass is 521 g/mol. The Hall–Kier alpha value is -4.49. The van der Waals surface area contributed by atoms with Gasteiger partial charge in [-0.3, -0.25) is 0 Å². The van der Waals surface area contributed by atoms with Gasteiger partial charge in [0.25, 0.3) is 0 Å². The molecule has 0 bridgehead atoms. The number of hydrogen-bond acceptors (Lipinski definition) is 7. The lowest BCUT2D eigenvalue weighted by atomic mass is 10.1. The van der Waals surface area contributed by atoms with E-state index in [9.17, 15) is 13.0 Å². The van der Waals surface area contributed by atoms with E-state index in [1.54, 1.807) is 30.5 Å². The number of ether oxygens (including phenoxy) is 1. The zero-order chi connectivity index (χ0) is 26.8. The predicted molar refractivity (Wildman–Crippen MR) is 142 cm³/mol. The lowest BCUT2D eigenvalue weighted by molar-refractivity contribution is 0.304. The number of halogens is 2. The lowest BCUT2D eigenvalue weighted by Crippen LogP contribution is -2.10. The average molecular weight is 522 g/mol. The third-order valence-corrected chi connectivity index (χ3v) is 6.28. The standard InChI is InChI=1S/C27H25F2N5O2S/c1-19(33-23-10-6-9-21(13-23)17-37(2,35)32-18-31)34-27(25(29)15-30)24-12-11-22(28)14-26(24)36-16-20-7-4-3-5-8-20/h3-15,33H,1,16-17,30H2,2H3/b25-15+,34-27?. The second-order valence-electron chi connectivity index (χ2n) is 7.96. The molecule has 0 saturated carbocycles.